The molecular weight excluding hydrogens is 477 g/mol. The van der Waals surface area contributed by atoms with Gasteiger partial charge in [0.15, 0.2) is 0 Å². The number of carbonyl (C=O) groups is 3. The van der Waals surface area contributed by atoms with Crippen LogP contribution in [0.3, 0.4) is 0 Å². The molecular formula is C25H19ClFN3O3S. The van der Waals surface area contributed by atoms with E-state index in [1.165, 1.54) is 45.8 Å². The zero-order valence-corrected chi connectivity index (χ0v) is 19.6. The summed E-state index contributed by atoms with van der Waals surface area (Å²) in [6, 6.07) is 17.8. The summed E-state index contributed by atoms with van der Waals surface area (Å²) in [6.07, 6.45) is 0. The first kappa shape index (κ1) is 22.4. The highest BCUT2D eigenvalue weighted by Gasteiger charge is 2.61. The Morgan fingerprint density at radius 3 is 2.59 bits per heavy atom. The maximum absolute atomic E-state index is 14.0. The Balaban J connectivity index is 1.55. The number of para-hydroxylation sites is 1. The van der Waals surface area contributed by atoms with Gasteiger partial charge in [-0.25, -0.2) is 4.39 Å². The Bertz CT molecular complexity index is 1330. The fraction of sp³-hybridized carbons (Fsp3) is 0.160. The number of fused-ring (bicyclic) bond motifs is 2. The number of rotatable bonds is 4. The molecule has 1 N–H and O–H groups in total. The summed E-state index contributed by atoms with van der Waals surface area (Å²) >= 11 is 7.36. The number of amides is 3. The van der Waals surface area contributed by atoms with Crippen molar-refractivity contribution in [1.82, 2.24) is 0 Å². The number of aryl methyl sites for hydroxylation is 1. The monoisotopic (exact) mass is 495 g/mol. The molecule has 6 nitrogen and oxygen atoms in total. The summed E-state index contributed by atoms with van der Waals surface area (Å²) < 4.78 is 13.6. The summed E-state index contributed by atoms with van der Waals surface area (Å²) in [6.45, 7) is 1.64. The Hall–Kier alpha value is -3.36. The average Bonchev–Trinajstić information content (AvgIpc) is 3.27. The van der Waals surface area contributed by atoms with Gasteiger partial charge in [-0.2, -0.15) is 0 Å². The average molecular weight is 496 g/mol. The van der Waals surface area contributed by atoms with E-state index in [0.717, 1.165) is 5.56 Å². The maximum Gasteiger partial charge on any atom is 0.269 e. The van der Waals surface area contributed by atoms with Gasteiger partial charge in [0.05, 0.1) is 22.2 Å². The third-order valence-corrected chi connectivity index (χ3v) is 7.56. The SMILES string of the molecule is Cc1ccc2c(c1)C1(SCC(=O)N1c1ccc(F)cc1)C(=O)N2CC(=O)Nc1ccccc1Cl. The van der Waals surface area contributed by atoms with Crippen LogP contribution in [0.2, 0.25) is 5.02 Å². The van der Waals surface area contributed by atoms with Crippen LogP contribution in [0.1, 0.15) is 11.1 Å². The van der Waals surface area contributed by atoms with E-state index in [0.29, 0.717) is 27.6 Å². The fourth-order valence-electron chi connectivity index (χ4n) is 4.36. The van der Waals surface area contributed by atoms with E-state index < -0.39 is 22.5 Å². The number of hydrogen-bond donors (Lipinski definition) is 1. The van der Waals surface area contributed by atoms with Crippen LogP contribution in [-0.4, -0.2) is 30.0 Å². The van der Waals surface area contributed by atoms with Crippen molar-refractivity contribution >= 4 is 58.1 Å². The van der Waals surface area contributed by atoms with Crippen LogP contribution in [0.25, 0.3) is 0 Å². The Morgan fingerprint density at radius 2 is 1.85 bits per heavy atom. The molecule has 3 amide bonds. The topological polar surface area (TPSA) is 69.7 Å². The Labute approximate surface area is 204 Å². The summed E-state index contributed by atoms with van der Waals surface area (Å²) in [5.41, 5.74) is 2.95. The first-order valence-corrected chi connectivity index (χ1v) is 11.9. The highest BCUT2D eigenvalue weighted by molar-refractivity contribution is 8.02. The van der Waals surface area contributed by atoms with Gasteiger partial charge in [-0.1, -0.05) is 41.4 Å². The van der Waals surface area contributed by atoms with Crippen LogP contribution in [0.15, 0.2) is 66.7 Å². The number of anilines is 3. The standard InChI is InChI=1S/C25H19ClFN3O3S/c1-15-6-11-21-18(12-15)25(30(23(32)14-34-25)17-9-7-16(27)8-10-17)24(33)29(21)13-22(31)28-20-5-3-2-4-19(20)26/h2-12H,13-14H2,1H3,(H,28,31). The third kappa shape index (κ3) is 3.54. The molecule has 34 heavy (non-hydrogen) atoms. The number of thioether (sulfide) groups is 1. The molecule has 1 fully saturated rings. The van der Waals surface area contributed by atoms with Crippen molar-refractivity contribution in [2.24, 2.45) is 0 Å². The molecule has 9 heteroatoms. The fourth-order valence-corrected chi connectivity index (χ4v) is 5.89. The largest absolute Gasteiger partial charge is 0.323 e. The molecule has 1 spiro atoms. The molecule has 5 rings (SSSR count). The molecule has 3 aromatic rings. The minimum atomic E-state index is -1.37. The highest BCUT2D eigenvalue weighted by Crippen LogP contribution is 2.55. The van der Waals surface area contributed by atoms with Crippen molar-refractivity contribution in [1.29, 1.82) is 0 Å². The van der Waals surface area contributed by atoms with Gasteiger partial charge in [0.25, 0.3) is 5.91 Å². The maximum atomic E-state index is 14.0. The Morgan fingerprint density at radius 1 is 1.12 bits per heavy atom. The summed E-state index contributed by atoms with van der Waals surface area (Å²) in [5, 5.41) is 3.13. The second-order valence-electron chi connectivity index (χ2n) is 8.08. The molecule has 2 aliphatic rings. The molecule has 3 aromatic carbocycles. The van der Waals surface area contributed by atoms with E-state index in [-0.39, 0.29) is 18.2 Å². The number of nitrogens with zero attached hydrogens (tertiary/aromatic N) is 2. The number of carbonyl (C=O) groups excluding carboxylic acids is 3. The molecule has 1 unspecified atom stereocenters. The molecule has 1 saturated heterocycles. The number of nitrogens with one attached hydrogen (secondary N) is 1. The van der Waals surface area contributed by atoms with Gasteiger partial charge in [-0.3, -0.25) is 24.2 Å². The minimum absolute atomic E-state index is 0.0795. The van der Waals surface area contributed by atoms with Crippen molar-refractivity contribution in [3.8, 4) is 0 Å². The molecule has 0 radical (unpaired) electrons. The first-order valence-electron chi connectivity index (χ1n) is 10.5. The van der Waals surface area contributed by atoms with Crippen molar-refractivity contribution < 1.29 is 18.8 Å². The molecule has 172 valence electrons. The van der Waals surface area contributed by atoms with E-state index >= 15 is 0 Å². The Kier molecular flexibility index (Phi) is 5.58. The zero-order chi connectivity index (χ0) is 24.0. The van der Waals surface area contributed by atoms with Crippen LogP contribution >= 0.6 is 23.4 Å². The minimum Gasteiger partial charge on any atom is -0.323 e. The van der Waals surface area contributed by atoms with Crippen LogP contribution < -0.4 is 15.1 Å². The van der Waals surface area contributed by atoms with Gasteiger partial charge in [0.2, 0.25) is 16.7 Å². The lowest BCUT2D eigenvalue weighted by molar-refractivity contribution is -0.124. The van der Waals surface area contributed by atoms with Crippen LogP contribution in [0.4, 0.5) is 21.5 Å². The number of halogens is 2. The lowest BCUT2D eigenvalue weighted by atomic mass is 10.0. The van der Waals surface area contributed by atoms with Gasteiger partial charge >= 0.3 is 0 Å². The third-order valence-electron chi connectivity index (χ3n) is 5.85. The van der Waals surface area contributed by atoms with Crippen molar-refractivity contribution in [2.75, 3.05) is 27.4 Å². The summed E-state index contributed by atoms with van der Waals surface area (Å²) in [5.74, 6) is -1.45. The lowest BCUT2D eigenvalue weighted by Gasteiger charge is -2.33. The number of benzene rings is 3. The molecule has 0 saturated carbocycles. The van der Waals surface area contributed by atoms with Crippen molar-refractivity contribution in [2.45, 2.75) is 11.8 Å². The molecule has 1 atom stereocenters. The van der Waals surface area contributed by atoms with Gasteiger partial charge in [0, 0.05) is 11.3 Å². The van der Waals surface area contributed by atoms with Crippen molar-refractivity contribution in [3.05, 3.63) is 88.7 Å². The molecule has 0 bridgehead atoms. The first-order chi connectivity index (χ1) is 16.3. The van der Waals surface area contributed by atoms with E-state index in [2.05, 4.69) is 5.32 Å². The molecule has 0 aromatic heterocycles. The van der Waals surface area contributed by atoms with Crippen LogP contribution in [-0.2, 0) is 19.3 Å². The van der Waals surface area contributed by atoms with E-state index in [9.17, 15) is 18.8 Å². The highest BCUT2D eigenvalue weighted by atomic mass is 35.5. The van der Waals surface area contributed by atoms with E-state index in [1.807, 2.05) is 19.1 Å². The summed E-state index contributed by atoms with van der Waals surface area (Å²) in [4.78, 5) is 41.3. The van der Waals surface area contributed by atoms with Gasteiger partial charge in [-0.05, 0) is 49.4 Å². The lowest BCUT2D eigenvalue weighted by Crippen LogP contribution is -2.50. The molecule has 2 aliphatic heterocycles. The van der Waals surface area contributed by atoms with E-state index in [1.54, 1.807) is 30.3 Å². The van der Waals surface area contributed by atoms with Gasteiger partial charge < -0.3 is 5.32 Å². The van der Waals surface area contributed by atoms with Crippen LogP contribution in [0, 0.1) is 12.7 Å². The van der Waals surface area contributed by atoms with E-state index in [4.69, 9.17) is 11.6 Å². The normalized spacial score (nSPS) is 19.1. The summed E-state index contributed by atoms with van der Waals surface area (Å²) in [7, 11) is 0. The van der Waals surface area contributed by atoms with Crippen LogP contribution in [0.5, 0.6) is 0 Å². The van der Waals surface area contributed by atoms with Gasteiger partial charge in [0.1, 0.15) is 12.4 Å². The predicted octanol–water partition coefficient (Wildman–Crippen LogP) is 4.71. The predicted molar refractivity (Wildman–Crippen MR) is 132 cm³/mol. The molecule has 2 heterocycles. The number of hydrogen-bond acceptors (Lipinski definition) is 4. The second-order valence-corrected chi connectivity index (χ2v) is 9.65. The molecule has 0 aliphatic carbocycles. The van der Waals surface area contributed by atoms with Crippen molar-refractivity contribution in [3.63, 3.8) is 0 Å². The zero-order valence-electron chi connectivity index (χ0n) is 18.0. The second kappa shape index (κ2) is 8.45. The smallest absolute Gasteiger partial charge is 0.269 e. The quantitative estimate of drug-likeness (QED) is 0.569. The van der Waals surface area contributed by atoms with Gasteiger partial charge in [-0.15, -0.1) is 11.8 Å².